The second-order valence-electron chi connectivity index (χ2n) is 6.56. The van der Waals surface area contributed by atoms with Crippen molar-refractivity contribution in [3.63, 3.8) is 0 Å². The largest absolute Gasteiger partial charge is 0.454 e. The summed E-state index contributed by atoms with van der Waals surface area (Å²) in [6.07, 6.45) is 0. The highest BCUT2D eigenvalue weighted by Gasteiger charge is 2.19. The number of carbonyl (C=O) groups is 1. The standard InChI is InChI=1S/C20H16N6O4S/c1-26-18(19-22-17(25-30-19)12-5-3-2-4-6-12)23-24-20(26)31-10-16(27)21-13-7-8-14-15(9-13)29-11-28-14/h2-9H,10-11H2,1H3,(H,21,27). The molecule has 1 aliphatic heterocycles. The van der Waals surface area contributed by atoms with E-state index in [0.29, 0.717) is 34.0 Å². The Morgan fingerprint density at radius 2 is 1.97 bits per heavy atom. The molecule has 156 valence electrons. The lowest BCUT2D eigenvalue weighted by molar-refractivity contribution is -0.113. The fourth-order valence-corrected chi connectivity index (χ4v) is 3.66. The van der Waals surface area contributed by atoms with Gasteiger partial charge in [-0.2, -0.15) is 4.98 Å². The minimum atomic E-state index is -0.183. The van der Waals surface area contributed by atoms with Crippen LogP contribution in [0.25, 0.3) is 23.1 Å². The van der Waals surface area contributed by atoms with Gasteiger partial charge in [-0.05, 0) is 12.1 Å². The summed E-state index contributed by atoms with van der Waals surface area (Å²) >= 11 is 1.25. The molecule has 1 N–H and O–H groups in total. The number of benzene rings is 2. The first-order chi connectivity index (χ1) is 15.2. The van der Waals surface area contributed by atoms with E-state index < -0.39 is 0 Å². The number of aromatic nitrogens is 5. The van der Waals surface area contributed by atoms with Crippen molar-refractivity contribution in [1.29, 1.82) is 0 Å². The van der Waals surface area contributed by atoms with Gasteiger partial charge in [0, 0.05) is 24.4 Å². The molecule has 0 bridgehead atoms. The molecule has 11 heteroatoms. The molecule has 0 spiro atoms. The number of fused-ring (bicyclic) bond motifs is 1. The Morgan fingerprint density at radius 3 is 2.84 bits per heavy atom. The lowest BCUT2D eigenvalue weighted by atomic mass is 10.2. The fraction of sp³-hybridized carbons (Fsp3) is 0.150. The number of anilines is 1. The van der Waals surface area contributed by atoms with Crippen molar-refractivity contribution in [3.05, 3.63) is 48.5 Å². The van der Waals surface area contributed by atoms with Crippen LogP contribution in [0.15, 0.2) is 58.2 Å². The maximum atomic E-state index is 12.3. The van der Waals surface area contributed by atoms with Gasteiger partial charge in [0.15, 0.2) is 16.7 Å². The highest BCUT2D eigenvalue weighted by atomic mass is 32.2. The number of ether oxygens (including phenoxy) is 2. The van der Waals surface area contributed by atoms with Crippen LogP contribution in [0.5, 0.6) is 11.5 Å². The highest BCUT2D eigenvalue weighted by Crippen LogP contribution is 2.34. The maximum Gasteiger partial charge on any atom is 0.296 e. The van der Waals surface area contributed by atoms with Crippen molar-refractivity contribution in [2.24, 2.45) is 7.05 Å². The van der Waals surface area contributed by atoms with Crippen LogP contribution in [-0.2, 0) is 11.8 Å². The Labute approximate surface area is 180 Å². The molecule has 0 saturated carbocycles. The van der Waals surface area contributed by atoms with Gasteiger partial charge in [0.2, 0.25) is 24.3 Å². The van der Waals surface area contributed by atoms with Crippen LogP contribution in [0.1, 0.15) is 0 Å². The number of hydrogen-bond donors (Lipinski definition) is 1. The molecule has 0 unspecified atom stereocenters. The molecule has 0 aliphatic carbocycles. The Bertz CT molecular complexity index is 1240. The van der Waals surface area contributed by atoms with Gasteiger partial charge >= 0.3 is 0 Å². The Morgan fingerprint density at radius 1 is 1.13 bits per heavy atom. The minimum absolute atomic E-state index is 0.152. The monoisotopic (exact) mass is 436 g/mol. The zero-order valence-corrected chi connectivity index (χ0v) is 17.1. The second kappa shape index (κ2) is 8.11. The van der Waals surface area contributed by atoms with E-state index >= 15 is 0 Å². The molecule has 3 heterocycles. The smallest absolute Gasteiger partial charge is 0.296 e. The predicted molar refractivity (Wildman–Crippen MR) is 112 cm³/mol. The fourth-order valence-electron chi connectivity index (χ4n) is 2.95. The summed E-state index contributed by atoms with van der Waals surface area (Å²) in [6, 6.07) is 14.7. The third-order valence-corrected chi connectivity index (χ3v) is 5.49. The first kappa shape index (κ1) is 19.1. The molecule has 1 amide bonds. The zero-order valence-electron chi connectivity index (χ0n) is 16.3. The first-order valence-corrected chi connectivity index (χ1v) is 10.3. The summed E-state index contributed by atoms with van der Waals surface area (Å²) in [5.74, 6) is 2.39. The van der Waals surface area contributed by atoms with E-state index in [4.69, 9.17) is 14.0 Å². The molecule has 0 fully saturated rings. The summed E-state index contributed by atoms with van der Waals surface area (Å²) in [5.41, 5.74) is 1.47. The van der Waals surface area contributed by atoms with Crippen LogP contribution in [0.3, 0.4) is 0 Å². The second-order valence-corrected chi connectivity index (χ2v) is 7.50. The van der Waals surface area contributed by atoms with Crippen molar-refractivity contribution < 1.29 is 18.8 Å². The number of carbonyl (C=O) groups excluding carboxylic acids is 1. The van der Waals surface area contributed by atoms with Gasteiger partial charge in [-0.1, -0.05) is 47.3 Å². The van der Waals surface area contributed by atoms with E-state index in [1.165, 1.54) is 11.8 Å². The van der Waals surface area contributed by atoms with Crippen LogP contribution < -0.4 is 14.8 Å². The number of rotatable bonds is 6. The summed E-state index contributed by atoms with van der Waals surface area (Å²) < 4.78 is 17.6. The lowest BCUT2D eigenvalue weighted by Crippen LogP contribution is -2.14. The first-order valence-electron chi connectivity index (χ1n) is 9.28. The Kier molecular flexibility index (Phi) is 5.00. The topological polar surface area (TPSA) is 117 Å². The Hall–Kier alpha value is -3.86. The molecule has 0 saturated heterocycles. The van der Waals surface area contributed by atoms with E-state index in [2.05, 4.69) is 25.7 Å². The third kappa shape index (κ3) is 3.94. The van der Waals surface area contributed by atoms with Crippen molar-refractivity contribution in [1.82, 2.24) is 24.9 Å². The number of nitrogens with one attached hydrogen (secondary N) is 1. The molecule has 1 aliphatic rings. The molecular formula is C20H16N6O4S. The van der Waals surface area contributed by atoms with Gasteiger partial charge < -0.3 is 23.9 Å². The average molecular weight is 436 g/mol. The van der Waals surface area contributed by atoms with E-state index in [-0.39, 0.29) is 24.3 Å². The molecule has 5 rings (SSSR count). The zero-order chi connectivity index (χ0) is 21.2. The highest BCUT2D eigenvalue weighted by molar-refractivity contribution is 7.99. The van der Waals surface area contributed by atoms with Gasteiger partial charge in [-0.25, -0.2) is 0 Å². The van der Waals surface area contributed by atoms with E-state index in [1.54, 1.807) is 29.8 Å². The van der Waals surface area contributed by atoms with Gasteiger partial charge in [0.25, 0.3) is 5.89 Å². The maximum absolute atomic E-state index is 12.3. The van der Waals surface area contributed by atoms with Crippen molar-refractivity contribution in [2.45, 2.75) is 5.16 Å². The van der Waals surface area contributed by atoms with Crippen LogP contribution in [0.2, 0.25) is 0 Å². The molecule has 2 aromatic heterocycles. The summed E-state index contributed by atoms with van der Waals surface area (Å²) in [4.78, 5) is 16.7. The lowest BCUT2D eigenvalue weighted by Gasteiger charge is -2.06. The molecule has 10 nitrogen and oxygen atoms in total. The van der Waals surface area contributed by atoms with Crippen LogP contribution >= 0.6 is 11.8 Å². The van der Waals surface area contributed by atoms with Crippen LogP contribution in [-0.4, -0.2) is 43.4 Å². The van der Waals surface area contributed by atoms with Crippen LogP contribution in [0.4, 0.5) is 5.69 Å². The van der Waals surface area contributed by atoms with Gasteiger partial charge in [-0.15, -0.1) is 10.2 Å². The number of amides is 1. The summed E-state index contributed by atoms with van der Waals surface area (Å²) in [5, 5.41) is 15.6. The molecule has 4 aromatic rings. The SMILES string of the molecule is Cn1c(SCC(=O)Nc2ccc3c(c2)OCO3)nnc1-c1nc(-c2ccccc2)no1. The van der Waals surface area contributed by atoms with Crippen LogP contribution in [0, 0.1) is 0 Å². The molecule has 2 aromatic carbocycles. The molecular weight excluding hydrogens is 420 g/mol. The average Bonchev–Trinajstić information content (AvgIpc) is 3.52. The number of thioether (sulfide) groups is 1. The minimum Gasteiger partial charge on any atom is -0.454 e. The summed E-state index contributed by atoms with van der Waals surface area (Å²) in [6.45, 7) is 0.184. The quantitative estimate of drug-likeness (QED) is 0.455. The van der Waals surface area contributed by atoms with E-state index in [0.717, 1.165) is 5.56 Å². The third-order valence-electron chi connectivity index (χ3n) is 4.47. The van der Waals surface area contributed by atoms with Crippen molar-refractivity contribution in [3.8, 4) is 34.6 Å². The number of hydrogen-bond acceptors (Lipinski definition) is 9. The molecule has 0 atom stereocenters. The van der Waals surface area contributed by atoms with Gasteiger partial charge in [-0.3, -0.25) is 4.79 Å². The Balaban J connectivity index is 1.23. The van der Waals surface area contributed by atoms with Crippen molar-refractivity contribution in [2.75, 3.05) is 17.9 Å². The van der Waals surface area contributed by atoms with Gasteiger partial charge in [0.05, 0.1) is 5.75 Å². The van der Waals surface area contributed by atoms with Crippen molar-refractivity contribution >= 4 is 23.4 Å². The molecule has 31 heavy (non-hydrogen) atoms. The predicted octanol–water partition coefficient (Wildman–Crippen LogP) is 2.99. The van der Waals surface area contributed by atoms with Gasteiger partial charge in [0.1, 0.15) is 0 Å². The molecule has 0 radical (unpaired) electrons. The normalized spacial score (nSPS) is 12.2. The van der Waals surface area contributed by atoms with E-state index in [9.17, 15) is 4.79 Å². The number of nitrogens with zero attached hydrogens (tertiary/aromatic N) is 5. The summed E-state index contributed by atoms with van der Waals surface area (Å²) in [7, 11) is 1.78. The van der Waals surface area contributed by atoms with E-state index in [1.807, 2.05) is 30.3 Å².